The van der Waals surface area contributed by atoms with E-state index in [9.17, 15) is 13.2 Å². The van der Waals surface area contributed by atoms with E-state index >= 15 is 0 Å². The van der Waals surface area contributed by atoms with Gasteiger partial charge in [-0.05, 0) is 41.8 Å². The van der Waals surface area contributed by atoms with E-state index in [4.69, 9.17) is 0 Å². The van der Waals surface area contributed by atoms with Crippen LogP contribution in [-0.2, 0) is 10.0 Å². The minimum Gasteiger partial charge on any atom is -0.322 e. The summed E-state index contributed by atoms with van der Waals surface area (Å²) in [5.41, 5.74) is 2.65. The van der Waals surface area contributed by atoms with E-state index in [0.717, 1.165) is 17.5 Å². The predicted octanol–water partition coefficient (Wildman–Crippen LogP) is 4.08. The maximum absolute atomic E-state index is 13.0. The number of nitrogens with zero attached hydrogens (tertiary/aromatic N) is 1. The minimum atomic E-state index is -3.75. The van der Waals surface area contributed by atoms with Crippen molar-refractivity contribution in [2.75, 3.05) is 11.9 Å². The molecule has 0 aliphatic carbocycles. The third-order valence-corrected chi connectivity index (χ3v) is 6.16. The molecule has 1 aliphatic rings. The largest absolute Gasteiger partial charge is 0.322 e. The van der Waals surface area contributed by atoms with Crippen LogP contribution < -0.4 is 10.0 Å². The van der Waals surface area contributed by atoms with Crippen LogP contribution in [0.5, 0.6) is 0 Å². The molecule has 4 rings (SSSR count). The molecular weight excluding hydrogens is 398 g/mol. The molecule has 0 atom stereocenters. The number of rotatable bonds is 5. The molecule has 30 heavy (non-hydrogen) atoms. The van der Waals surface area contributed by atoms with Crippen LogP contribution in [0.4, 0.5) is 5.69 Å². The first-order valence-corrected chi connectivity index (χ1v) is 11.1. The van der Waals surface area contributed by atoms with Crippen LogP contribution in [0.2, 0.25) is 0 Å². The number of carbonyl (C=O) groups is 1. The van der Waals surface area contributed by atoms with Crippen molar-refractivity contribution in [1.29, 1.82) is 0 Å². The number of sulfonamides is 1. The Balaban J connectivity index is 1.57. The van der Waals surface area contributed by atoms with Gasteiger partial charge in [0.25, 0.3) is 15.9 Å². The summed E-state index contributed by atoms with van der Waals surface area (Å²) in [4.78, 5) is 17.2. The molecule has 0 radical (unpaired) electrons. The molecule has 0 bridgehead atoms. The van der Waals surface area contributed by atoms with E-state index in [2.05, 4.69) is 15.0 Å². The number of aliphatic imine (C=N–C) groups is 1. The van der Waals surface area contributed by atoms with Gasteiger partial charge in [0.05, 0.1) is 4.90 Å². The van der Waals surface area contributed by atoms with Gasteiger partial charge < -0.3 is 5.32 Å². The van der Waals surface area contributed by atoms with E-state index < -0.39 is 10.0 Å². The lowest BCUT2D eigenvalue weighted by Gasteiger charge is -2.12. The Morgan fingerprint density at radius 2 is 1.67 bits per heavy atom. The highest BCUT2D eigenvalue weighted by Gasteiger charge is 2.19. The van der Waals surface area contributed by atoms with E-state index in [1.54, 1.807) is 24.3 Å². The highest BCUT2D eigenvalue weighted by atomic mass is 32.2. The van der Waals surface area contributed by atoms with Crippen molar-refractivity contribution in [2.45, 2.75) is 17.7 Å². The zero-order valence-corrected chi connectivity index (χ0v) is 17.0. The molecule has 0 aromatic heterocycles. The van der Waals surface area contributed by atoms with Crippen LogP contribution in [-0.4, -0.2) is 26.7 Å². The Labute approximate surface area is 175 Å². The third-order valence-electron chi connectivity index (χ3n) is 4.79. The quantitative estimate of drug-likeness (QED) is 0.653. The number of hydrogen-bond donors (Lipinski definition) is 2. The number of amides is 1. The first-order chi connectivity index (χ1) is 14.5. The minimum absolute atomic E-state index is 0.0752. The lowest BCUT2D eigenvalue weighted by molar-refractivity contribution is 0.102. The summed E-state index contributed by atoms with van der Waals surface area (Å²) in [7, 11) is -3.75. The molecule has 1 heterocycles. The molecule has 7 heteroatoms. The fourth-order valence-corrected chi connectivity index (χ4v) is 4.46. The van der Waals surface area contributed by atoms with Crippen LogP contribution in [0, 0.1) is 0 Å². The topological polar surface area (TPSA) is 87.6 Å². The second-order valence-corrected chi connectivity index (χ2v) is 8.61. The molecule has 1 aliphatic heterocycles. The molecule has 6 nitrogen and oxygen atoms in total. The standard InChI is InChI=1S/C23H21N3O3S/c27-23(21-13-5-4-12-20(21)17-8-2-1-3-9-17)25-18-10-6-11-19(16-18)30(28,29)26-22-14-7-15-24-22/h1-6,8-13,16H,7,14-15H2,(H,24,26)(H,25,27). The van der Waals surface area contributed by atoms with Gasteiger partial charge in [-0.15, -0.1) is 0 Å². The van der Waals surface area contributed by atoms with Crippen molar-refractivity contribution >= 4 is 27.5 Å². The van der Waals surface area contributed by atoms with Gasteiger partial charge in [-0.2, -0.15) is 0 Å². The van der Waals surface area contributed by atoms with Gasteiger partial charge in [-0.3, -0.25) is 14.5 Å². The Kier molecular flexibility index (Phi) is 5.63. The zero-order chi connectivity index (χ0) is 21.0. The lowest BCUT2D eigenvalue weighted by Crippen LogP contribution is -2.29. The summed E-state index contributed by atoms with van der Waals surface area (Å²) in [6, 6.07) is 23.1. The van der Waals surface area contributed by atoms with Gasteiger partial charge in [0, 0.05) is 24.2 Å². The summed E-state index contributed by atoms with van der Waals surface area (Å²) >= 11 is 0. The molecule has 3 aromatic carbocycles. The van der Waals surface area contributed by atoms with E-state index in [1.807, 2.05) is 42.5 Å². The molecule has 0 spiro atoms. The van der Waals surface area contributed by atoms with Crippen LogP contribution in [0.3, 0.4) is 0 Å². The average molecular weight is 420 g/mol. The molecule has 3 aromatic rings. The molecule has 1 amide bonds. The third kappa shape index (κ3) is 4.41. The number of carbonyl (C=O) groups excluding carboxylic acids is 1. The normalized spacial score (nSPS) is 13.5. The summed E-state index contributed by atoms with van der Waals surface area (Å²) < 4.78 is 27.8. The van der Waals surface area contributed by atoms with Crippen LogP contribution >= 0.6 is 0 Å². The van der Waals surface area contributed by atoms with E-state index in [0.29, 0.717) is 30.1 Å². The van der Waals surface area contributed by atoms with Gasteiger partial charge in [0.15, 0.2) is 0 Å². The Morgan fingerprint density at radius 3 is 2.43 bits per heavy atom. The number of hydrogen-bond acceptors (Lipinski definition) is 4. The monoisotopic (exact) mass is 419 g/mol. The molecule has 0 unspecified atom stereocenters. The number of nitrogens with one attached hydrogen (secondary N) is 2. The van der Waals surface area contributed by atoms with Crippen molar-refractivity contribution in [3.8, 4) is 11.1 Å². The molecule has 0 fully saturated rings. The Morgan fingerprint density at radius 1 is 0.900 bits per heavy atom. The average Bonchev–Trinajstić information content (AvgIpc) is 3.27. The summed E-state index contributed by atoms with van der Waals surface area (Å²) in [5, 5.41) is 2.81. The fraction of sp³-hybridized carbons (Fsp3) is 0.130. The SMILES string of the molecule is O=C(Nc1cccc(S(=O)(=O)NC2=NCCC2)c1)c1ccccc1-c1ccccc1. The van der Waals surface area contributed by atoms with Crippen molar-refractivity contribution in [3.63, 3.8) is 0 Å². The molecule has 152 valence electrons. The molecule has 0 saturated heterocycles. The summed E-state index contributed by atoms with van der Waals surface area (Å²) in [6.45, 7) is 0.634. The van der Waals surface area contributed by atoms with Gasteiger partial charge in [-0.1, -0.05) is 54.6 Å². The number of benzene rings is 3. The first-order valence-electron chi connectivity index (χ1n) is 9.65. The number of anilines is 1. The van der Waals surface area contributed by atoms with Crippen molar-refractivity contribution < 1.29 is 13.2 Å². The van der Waals surface area contributed by atoms with Crippen molar-refractivity contribution in [1.82, 2.24) is 4.72 Å². The Hall–Kier alpha value is -3.45. The van der Waals surface area contributed by atoms with Gasteiger partial charge >= 0.3 is 0 Å². The van der Waals surface area contributed by atoms with Crippen molar-refractivity contribution in [3.05, 3.63) is 84.4 Å². The van der Waals surface area contributed by atoms with Gasteiger partial charge in [0.1, 0.15) is 5.84 Å². The lowest BCUT2D eigenvalue weighted by atomic mass is 9.99. The predicted molar refractivity (Wildman–Crippen MR) is 118 cm³/mol. The van der Waals surface area contributed by atoms with Crippen LogP contribution in [0.25, 0.3) is 11.1 Å². The van der Waals surface area contributed by atoms with Crippen LogP contribution in [0.1, 0.15) is 23.2 Å². The van der Waals surface area contributed by atoms with Gasteiger partial charge in [0.2, 0.25) is 0 Å². The maximum atomic E-state index is 13.0. The van der Waals surface area contributed by atoms with Gasteiger partial charge in [-0.25, -0.2) is 8.42 Å². The first kappa shape index (κ1) is 19.8. The zero-order valence-electron chi connectivity index (χ0n) is 16.2. The molecule has 0 saturated carbocycles. The molecule has 2 N–H and O–H groups in total. The summed E-state index contributed by atoms with van der Waals surface area (Å²) in [6.07, 6.45) is 1.46. The van der Waals surface area contributed by atoms with Crippen molar-refractivity contribution in [2.24, 2.45) is 4.99 Å². The molecular formula is C23H21N3O3S. The van der Waals surface area contributed by atoms with E-state index in [1.165, 1.54) is 12.1 Å². The van der Waals surface area contributed by atoms with Crippen LogP contribution in [0.15, 0.2) is 88.8 Å². The highest BCUT2D eigenvalue weighted by Crippen LogP contribution is 2.25. The van der Waals surface area contributed by atoms with E-state index in [-0.39, 0.29) is 10.8 Å². The number of amidine groups is 1. The Bertz CT molecular complexity index is 1210. The second kappa shape index (κ2) is 8.51. The maximum Gasteiger partial charge on any atom is 0.262 e. The fourth-order valence-electron chi connectivity index (χ4n) is 3.33. The highest BCUT2D eigenvalue weighted by molar-refractivity contribution is 7.90. The second-order valence-electron chi connectivity index (χ2n) is 6.93. The summed E-state index contributed by atoms with van der Waals surface area (Å²) in [5.74, 6) is 0.165. The smallest absolute Gasteiger partial charge is 0.262 e.